The van der Waals surface area contributed by atoms with Gasteiger partial charge < -0.3 is 5.11 Å². The first-order valence-corrected chi connectivity index (χ1v) is 7.58. The van der Waals surface area contributed by atoms with Crippen LogP contribution in [0.15, 0.2) is 11.6 Å². The molecule has 3 heteroatoms. The van der Waals surface area contributed by atoms with Gasteiger partial charge in [0, 0.05) is 5.57 Å². The van der Waals surface area contributed by atoms with Crippen LogP contribution in [0.1, 0.15) is 84.5 Å². The molecule has 0 aliphatic rings. The van der Waals surface area contributed by atoms with Gasteiger partial charge in [0.15, 0.2) is 0 Å². The summed E-state index contributed by atoms with van der Waals surface area (Å²) in [7, 11) is 0. The molecule has 0 spiro atoms. The molecule has 0 aliphatic heterocycles. The van der Waals surface area contributed by atoms with E-state index < -0.39 is 5.97 Å². The van der Waals surface area contributed by atoms with Crippen LogP contribution in [0.5, 0.6) is 0 Å². The van der Waals surface area contributed by atoms with Crippen LogP contribution in [0.4, 0.5) is 0 Å². The Labute approximate surface area is 139 Å². The fraction of sp³-hybridized carbons (Fsp3) is 0.812. The maximum absolute atomic E-state index is 10.5. The van der Waals surface area contributed by atoms with E-state index in [1.54, 1.807) is 6.92 Å². The molecule has 0 aromatic rings. The Morgan fingerprint density at radius 3 is 1.74 bits per heavy atom. The molecule has 2 nitrogen and oxygen atoms in total. The zero-order valence-corrected chi connectivity index (χ0v) is 12.2. The predicted octanol–water partition coefficient (Wildman–Crippen LogP) is 3.88. The summed E-state index contributed by atoms with van der Waals surface area (Å²) in [4.78, 5) is 10.5. The van der Waals surface area contributed by atoms with Gasteiger partial charge in [0.05, 0.1) is 0 Å². The molecule has 114 valence electrons. The van der Waals surface area contributed by atoms with Crippen molar-refractivity contribution in [3.8, 4) is 0 Å². The van der Waals surface area contributed by atoms with Gasteiger partial charge in [0.1, 0.15) is 0 Å². The zero-order valence-electron chi connectivity index (χ0n) is 12.2. The van der Waals surface area contributed by atoms with Gasteiger partial charge >= 0.3 is 33.3 Å². The van der Waals surface area contributed by atoms with Gasteiger partial charge in [-0.15, -0.1) is 0 Å². The Balaban J connectivity index is 0. The molecule has 0 radical (unpaired) electrons. The number of carbonyl (C=O) groups is 1. The van der Waals surface area contributed by atoms with Crippen molar-refractivity contribution in [3.63, 3.8) is 0 Å². The predicted molar refractivity (Wildman–Crippen MR) is 89.2 cm³/mol. The average Bonchev–Trinajstić information content (AvgIpc) is 2.35. The number of aliphatic carboxylic acids is 1. The second-order valence-corrected chi connectivity index (χ2v) is 5.16. The SMILES string of the molecule is CCCCCCCCCCCC/C=C(\C)C(=O)O.[PbH4]. The summed E-state index contributed by atoms with van der Waals surface area (Å²) in [5.41, 5.74) is 0.478. The van der Waals surface area contributed by atoms with E-state index in [1.807, 2.05) is 6.08 Å². The van der Waals surface area contributed by atoms with Gasteiger partial charge in [-0.05, 0) is 19.8 Å². The number of hydrogen-bond donors (Lipinski definition) is 1. The summed E-state index contributed by atoms with van der Waals surface area (Å²) in [6.07, 6.45) is 16.0. The Kier molecular flexibility index (Phi) is 18.3. The Morgan fingerprint density at radius 2 is 1.32 bits per heavy atom. The average molecular weight is 466 g/mol. The quantitative estimate of drug-likeness (QED) is 0.270. The second kappa shape index (κ2) is 16.2. The number of rotatable bonds is 12. The monoisotopic (exact) mass is 466 g/mol. The minimum absolute atomic E-state index is 0. The van der Waals surface area contributed by atoms with Crippen LogP contribution in [0, 0.1) is 0 Å². The van der Waals surface area contributed by atoms with Crippen LogP contribution in [-0.2, 0) is 4.79 Å². The van der Waals surface area contributed by atoms with Crippen molar-refractivity contribution >= 4 is 33.3 Å². The molecule has 0 saturated carbocycles. The van der Waals surface area contributed by atoms with Crippen LogP contribution >= 0.6 is 0 Å². The van der Waals surface area contributed by atoms with Crippen LogP contribution in [0.3, 0.4) is 0 Å². The van der Waals surface area contributed by atoms with Crippen molar-refractivity contribution in [1.82, 2.24) is 0 Å². The summed E-state index contributed by atoms with van der Waals surface area (Å²) in [6, 6.07) is 0. The first kappa shape index (κ1) is 21.4. The van der Waals surface area contributed by atoms with Gasteiger partial charge in [-0.2, -0.15) is 0 Å². The second-order valence-electron chi connectivity index (χ2n) is 5.16. The first-order valence-electron chi connectivity index (χ1n) is 7.58. The number of carboxylic acid groups (broad SMARTS) is 1. The van der Waals surface area contributed by atoms with Crippen molar-refractivity contribution in [2.45, 2.75) is 84.5 Å². The van der Waals surface area contributed by atoms with Crippen LogP contribution < -0.4 is 0 Å². The Hall–Kier alpha value is 0.132. The molecule has 0 atom stereocenters. The van der Waals surface area contributed by atoms with Gasteiger partial charge in [-0.25, -0.2) is 4.79 Å². The van der Waals surface area contributed by atoms with Crippen molar-refractivity contribution in [3.05, 3.63) is 11.6 Å². The van der Waals surface area contributed by atoms with E-state index in [9.17, 15) is 4.79 Å². The van der Waals surface area contributed by atoms with Crippen molar-refractivity contribution in [2.75, 3.05) is 0 Å². The number of allylic oxidation sites excluding steroid dienone is 1. The van der Waals surface area contributed by atoms with E-state index in [0.717, 1.165) is 12.8 Å². The van der Waals surface area contributed by atoms with Crippen molar-refractivity contribution < 1.29 is 9.90 Å². The summed E-state index contributed by atoms with van der Waals surface area (Å²) in [5.74, 6) is -0.790. The molecule has 0 rings (SSSR count). The van der Waals surface area contributed by atoms with Gasteiger partial charge in [-0.3, -0.25) is 0 Å². The molecule has 19 heavy (non-hydrogen) atoms. The number of unbranched alkanes of at least 4 members (excludes halogenated alkanes) is 10. The third kappa shape index (κ3) is 16.1. The van der Waals surface area contributed by atoms with E-state index in [4.69, 9.17) is 5.11 Å². The minimum atomic E-state index is -0.790. The molecule has 1 N–H and O–H groups in total. The van der Waals surface area contributed by atoms with Gasteiger partial charge in [-0.1, -0.05) is 70.8 Å². The van der Waals surface area contributed by atoms with Crippen molar-refractivity contribution in [1.29, 1.82) is 0 Å². The standard InChI is InChI=1S/C16H30O2.Pb.4H/c1-3-4-5-6-7-8-9-10-11-12-13-14-15(2)16(17)18;;;;;/h14H,3-13H2,1-2H3,(H,17,18);;;;;/b15-14+;;;;;. The van der Waals surface area contributed by atoms with Crippen LogP contribution in [-0.4, -0.2) is 38.4 Å². The molecule has 0 amide bonds. The van der Waals surface area contributed by atoms with Gasteiger partial charge in [0.25, 0.3) is 0 Å². The molecule has 0 heterocycles. The van der Waals surface area contributed by atoms with Crippen LogP contribution in [0.2, 0.25) is 0 Å². The zero-order chi connectivity index (χ0) is 13.6. The fourth-order valence-electron chi connectivity index (χ4n) is 2.04. The molecule has 0 bridgehead atoms. The molecule has 0 fully saturated rings. The molecule has 0 saturated heterocycles. The van der Waals surface area contributed by atoms with E-state index in [0.29, 0.717) is 5.57 Å². The van der Waals surface area contributed by atoms with Crippen molar-refractivity contribution in [2.24, 2.45) is 0 Å². The summed E-state index contributed by atoms with van der Waals surface area (Å²) in [6.45, 7) is 3.92. The van der Waals surface area contributed by atoms with E-state index in [2.05, 4.69) is 6.92 Å². The summed E-state index contributed by atoms with van der Waals surface area (Å²) < 4.78 is 0. The molecule has 0 aliphatic carbocycles. The molecule has 0 aromatic heterocycles. The molecule has 0 aromatic carbocycles. The fourth-order valence-corrected chi connectivity index (χ4v) is 2.04. The molecular weight excluding hydrogens is 431 g/mol. The Bertz CT molecular complexity index is 237. The third-order valence-corrected chi connectivity index (χ3v) is 3.35. The van der Waals surface area contributed by atoms with Crippen LogP contribution in [0.25, 0.3) is 0 Å². The third-order valence-electron chi connectivity index (χ3n) is 3.35. The molecule has 0 unspecified atom stereocenters. The molecular formula is C16H34O2Pb. The Morgan fingerprint density at radius 1 is 0.895 bits per heavy atom. The van der Waals surface area contributed by atoms with E-state index in [1.165, 1.54) is 57.8 Å². The topological polar surface area (TPSA) is 37.3 Å². The maximum atomic E-state index is 10.5. The van der Waals surface area contributed by atoms with E-state index in [-0.39, 0.29) is 27.3 Å². The first-order chi connectivity index (χ1) is 8.68. The number of hydrogen-bond acceptors (Lipinski definition) is 1. The van der Waals surface area contributed by atoms with Gasteiger partial charge in [0.2, 0.25) is 0 Å². The number of carboxylic acids is 1. The van der Waals surface area contributed by atoms with E-state index >= 15 is 0 Å². The normalized spacial score (nSPS) is 11.2. The summed E-state index contributed by atoms with van der Waals surface area (Å²) >= 11 is 0. The summed E-state index contributed by atoms with van der Waals surface area (Å²) in [5, 5.41) is 8.68.